The first-order valence-corrected chi connectivity index (χ1v) is 10.0. The number of morpholine rings is 1. The molecule has 3 heterocycles. The van der Waals surface area contributed by atoms with Gasteiger partial charge in [0.1, 0.15) is 6.07 Å². The maximum absolute atomic E-state index is 9.40. The van der Waals surface area contributed by atoms with Crippen molar-refractivity contribution in [1.82, 2.24) is 9.88 Å². The van der Waals surface area contributed by atoms with Gasteiger partial charge in [-0.1, -0.05) is 0 Å². The number of hydrogen-bond acceptors (Lipinski definition) is 5. The quantitative estimate of drug-likeness (QED) is 0.833. The second kappa shape index (κ2) is 7.46. The van der Waals surface area contributed by atoms with Gasteiger partial charge >= 0.3 is 0 Å². The van der Waals surface area contributed by atoms with Crippen LogP contribution in [0.1, 0.15) is 39.2 Å². The fourth-order valence-corrected chi connectivity index (χ4v) is 4.71. The zero-order valence-electron chi connectivity index (χ0n) is 16.4. The molecule has 2 aliphatic heterocycles. The fraction of sp³-hybridized carbons (Fsp3) is 0.545. The summed E-state index contributed by atoms with van der Waals surface area (Å²) < 4.78 is 6.30. The van der Waals surface area contributed by atoms with E-state index in [1.165, 1.54) is 12.8 Å². The van der Waals surface area contributed by atoms with Gasteiger partial charge in [0, 0.05) is 49.0 Å². The van der Waals surface area contributed by atoms with Gasteiger partial charge in [0.15, 0.2) is 0 Å². The van der Waals surface area contributed by atoms with Gasteiger partial charge in [-0.25, -0.2) is 0 Å². The Kier molecular flexibility index (Phi) is 5.03. The predicted molar refractivity (Wildman–Crippen MR) is 108 cm³/mol. The highest BCUT2D eigenvalue weighted by molar-refractivity contribution is 5.95. The minimum Gasteiger partial charge on any atom is -0.370 e. The van der Waals surface area contributed by atoms with Crippen LogP contribution in [-0.2, 0) is 4.74 Å². The molecule has 27 heavy (non-hydrogen) atoms. The van der Waals surface area contributed by atoms with Crippen molar-refractivity contribution in [3.63, 3.8) is 0 Å². The number of fused-ring (bicyclic) bond motifs is 1. The van der Waals surface area contributed by atoms with Crippen molar-refractivity contribution in [1.29, 1.82) is 5.26 Å². The van der Waals surface area contributed by atoms with Crippen molar-refractivity contribution in [2.24, 2.45) is 0 Å². The van der Waals surface area contributed by atoms with Gasteiger partial charge in [-0.05, 0) is 57.9 Å². The maximum atomic E-state index is 9.40. The van der Waals surface area contributed by atoms with E-state index in [0.717, 1.165) is 36.2 Å². The predicted octanol–water partition coefficient (Wildman–Crippen LogP) is 3.57. The standard InChI is InChI=1S/C22H28N4O/c1-15-6-7-16(2)26(15)14-19-13-25(12-17(3)27-19)21-9-8-18(11-23)22-20(21)5-4-10-24-22/h4-5,8-10,15-17,19H,6-7,12-14H2,1-3H3/t15?,16?,17-,19-/m1/s1. The second-order valence-corrected chi connectivity index (χ2v) is 8.09. The van der Waals surface area contributed by atoms with E-state index in [1.54, 1.807) is 6.20 Å². The van der Waals surface area contributed by atoms with Gasteiger partial charge < -0.3 is 9.64 Å². The highest BCUT2D eigenvalue weighted by Gasteiger charge is 2.33. The molecule has 0 saturated carbocycles. The molecule has 5 heteroatoms. The molecule has 0 aliphatic carbocycles. The SMILES string of the molecule is CC1CCC(C)N1C[C@H]1CN(c2ccc(C#N)c3ncccc23)C[C@@H](C)O1. The lowest BCUT2D eigenvalue weighted by molar-refractivity contribution is -0.0375. The molecular weight excluding hydrogens is 336 g/mol. The van der Waals surface area contributed by atoms with Crippen LogP contribution >= 0.6 is 0 Å². The van der Waals surface area contributed by atoms with E-state index in [-0.39, 0.29) is 12.2 Å². The monoisotopic (exact) mass is 364 g/mol. The Morgan fingerprint density at radius 1 is 1.15 bits per heavy atom. The smallest absolute Gasteiger partial charge is 0.101 e. The van der Waals surface area contributed by atoms with E-state index in [2.05, 4.69) is 53.8 Å². The normalized spacial score (nSPS) is 29.2. The van der Waals surface area contributed by atoms with Gasteiger partial charge in [0.05, 0.1) is 23.3 Å². The van der Waals surface area contributed by atoms with Crippen LogP contribution in [0.25, 0.3) is 10.9 Å². The fourth-order valence-electron chi connectivity index (χ4n) is 4.71. The van der Waals surface area contributed by atoms with Crippen molar-refractivity contribution >= 4 is 16.6 Å². The number of likely N-dealkylation sites (tertiary alicyclic amines) is 1. The summed E-state index contributed by atoms with van der Waals surface area (Å²) >= 11 is 0. The van der Waals surface area contributed by atoms with Gasteiger partial charge in [-0.15, -0.1) is 0 Å². The van der Waals surface area contributed by atoms with Crippen LogP contribution in [0.2, 0.25) is 0 Å². The lowest BCUT2D eigenvalue weighted by Crippen LogP contribution is -2.52. The minimum absolute atomic E-state index is 0.180. The molecule has 2 aromatic rings. The summed E-state index contributed by atoms with van der Waals surface area (Å²) in [5.74, 6) is 0. The molecule has 1 aromatic heterocycles. The van der Waals surface area contributed by atoms with E-state index in [4.69, 9.17) is 4.74 Å². The lowest BCUT2D eigenvalue weighted by atomic mass is 10.1. The van der Waals surface area contributed by atoms with Gasteiger partial charge in [-0.3, -0.25) is 9.88 Å². The van der Waals surface area contributed by atoms with Gasteiger partial charge in [-0.2, -0.15) is 5.26 Å². The van der Waals surface area contributed by atoms with Crippen molar-refractivity contribution in [3.8, 4) is 6.07 Å². The third-order valence-electron chi connectivity index (χ3n) is 6.08. The topological polar surface area (TPSA) is 52.4 Å². The molecule has 4 atom stereocenters. The molecule has 2 unspecified atom stereocenters. The Bertz CT molecular complexity index is 851. The summed E-state index contributed by atoms with van der Waals surface area (Å²) in [6.45, 7) is 9.52. The first-order chi connectivity index (χ1) is 13.1. The number of aromatic nitrogens is 1. The lowest BCUT2D eigenvalue weighted by Gasteiger charge is -2.41. The zero-order chi connectivity index (χ0) is 19.0. The summed E-state index contributed by atoms with van der Waals surface area (Å²) in [5.41, 5.74) is 2.57. The number of ether oxygens (including phenoxy) is 1. The zero-order valence-corrected chi connectivity index (χ0v) is 16.4. The first-order valence-electron chi connectivity index (χ1n) is 10.0. The number of pyridine rings is 1. The van der Waals surface area contributed by atoms with E-state index < -0.39 is 0 Å². The molecule has 2 fully saturated rings. The molecule has 0 amide bonds. The van der Waals surface area contributed by atoms with E-state index in [1.807, 2.05) is 12.1 Å². The number of rotatable bonds is 3. The average molecular weight is 364 g/mol. The van der Waals surface area contributed by atoms with Crippen LogP contribution in [0.15, 0.2) is 30.5 Å². The van der Waals surface area contributed by atoms with E-state index in [9.17, 15) is 5.26 Å². The molecule has 142 valence electrons. The van der Waals surface area contributed by atoms with Crippen LogP contribution in [0.3, 0.4) is 0 Å². The van der Waals surface area contributed by atoms with Crippen LogP contribution in [0.5, 0.6) is 0 Å². The summed E-state index contributed by atoms with van der Waals surface area (Å²) in [5, 5.41) is 10.4. The van der Waals surface area contributed by atoms with Crippen molar-refractivity contribution < 1.29 is 4.74 Å². The summed E-state index contributed by atoms with van der Waals surface area (Å²) in [6, 6.07) is 11.5. The second-order valence-electron chi connectivity index (χ2n) is 8.09. The van der Waals surface area contributed by atoms with E-state index >= 15 is 0 Å². The third kappa shape index (κ3) is 3.52. The number of anilines is 1. The summed E-state index contributed by atoms with van der Waals surface area (Å²) in [7, 11) is 0. The molecule has 2 aliphatic rings. The van der Waals surface area contributed by atoms with Gasteiger partial charge in [0.2, 0.25) is 0 Å². The Labute approximate surface area is 161 Å². The van der Waals surface area contributed by atoms with Crippen LogP contribution < -0.4 is 4.90 Å². The molecule has 0 spiro atoms. The molecule has 5 nitrogen and oxygen atoms in total. The molecule has 0 N–H and O–H groups in total. The Morgan fingerprint density at radius 3 is 2.67 bits per heavy atom. The summed E-state index contributed by atoms with van der Waals surface area (Å²) in [4.78, 5) is 9.47. The maximum Gasteiger partial charge on any atom is 0.101 e. The Morgan fingerprint density at radius 2 is 1.93 bits per heavy atom. The van der Waals surface area contributed by atoms with Crippen molar-refractivity contribution in [3.05, 3.63) is 36.0 Å². The van der Waals surface area contributed by atoms with Crippen LogP contribution in [-0.4, -0.2) is 53.8 Å². The first kappa shape index (κ1) is 18.2. The minimum atomic E-state index is 0.180. The molecule has 0 bridgehead atoms. The third-order valence-corrected chi connectivity index (χ3v) is 6.08. The number of hydrogen-bond donors (Lipinski definition) is 0. The number of benzene rings is 1. The van der Waals surface area contributed by atoms with Crippen LogP contribution in [0, 0.1) is 11.3 Å². The van der Waals surface area contributed by atoms with Gasteiger partial charge in [0.25, 0.3) is 0 Å². The van der Waals surface area contributed by atoms with Crippen molar-refractivity contribution in [2.45, 2.75) is 57.9 Å². The Balaban J connectivity index is 1.61. The summed E-state index contributed by atoms with van der Waals surface area (Å²) in [6.07, 6.45) is 4.69. The van der Waals surface area contributed by atoms with Crippen LogP contribution in [0.4, 0.5) is 5.69 Å². The number of nitriles is 1. The molecule has 4 rings (SSSR count). The highest BCUT2D eigenvalue weighted by atomic mass is 16.5. The molecular formula is C22H28N4O. The molecule has 2 saturated heterocycles. The largest absolute Gasteiger partial charge is 0.370 e. The van der Waals surface area contributed by atoms with Crippen molar-refractivity contribution in [2.75, 3.05) is 24.5 Å². The molecule has 1 aromatic carbocycles. The average Bonchev–Trinajstić information content (AvgIpc) is 2.98. The molecule has 0 radical (unpaired) electrons. The van der Waals surface area contributed by atoms with E-state index in [0.29, 0.717) is 17.6 Å². The Hall–Kier alpha value is -2.16. The number of nitrogens with zero attached hydrogens (tertiary/aromatic N) is 4. The highest BCUT2D eigenvalue weighted by Crippen LogP contribution is 2.31.